The Balaban J connectivity index is -0.000000500. The molecule has 0 aromatic carbocycles. The molecule has 2 nitrogen and oxygen atoms in total. The summed E-state index contributed by atoms with van der Waals surface area (Å²) in [6.45, 7) is 10.3. The summed E-state index contributed by atoms with van der Waals surface area (Å²) in [5.74, 6) is 1.28. The van der Waals surface area contributed by atoms with E-state index in [1.807, 2.05) is 0 Å². The zero-order chi connectivity index (χ0) is 8.69. The molecule has 80 valence electrons. The van der Waals surface area contributed by atoms with Crippen LogP contribution in [0.15, 0.2) is 0 Å². The summed E-state index contributed by atoms with van der Waals surface area (Å²) >= 11 is -0.924. The quantitative estimate of drug-likeness (QED) is 0.470. The Kier molecular flexibility index (Phi) is 20.5. The van der Waals surface area contributed by atoms with Gasteiger partial charge in [0, 0.05) is 0 Å². The van der Waals surface area contributed by atoms with E-state index in [1.165, 1.54) is 0 Å². The van der Waals surface area contributed by atoms with Crippen LogP contribution in [0.2, 0.25) is 0 Å². The first-order chi connectivity index (χ1) is 5.13. The van der Waals surface area contributed by atoms with E-state index in [4.69, 9.17) is 5.63 Å². The summed E-state index contributed by atoms with van der Waals surface area (Å²) in [6, 6.07) is 0. The van der Waals surface area contributed by atoms with Gasteiger partial charge in [-0.05, 0) is 0 Å². The molecule has 0 N–H and O–H groups in total. The van der Waals surface area contributed by atoms with Crippen LogP contribution in [0.25, 0.3) is 0 Å². The molecule has 5 heteroatoms. The van der Waals surface area contributed by atoms with Gasteiger partial charge in [0.05, 0.1) is 0 Å². The summed E-state index contributed by atoms with van der Waals surface area (Å²) in [5, 5.41) is 0. The van der Waals surface area contributed by atoms with Gasteiger partial charge in [0.1, 0.15) is 0 Å². The predicted octanol–water partition coefficient (Wildman–Crippen LogP) is -3.75. The zero-order valence-electron chi connectivity index (χ0n) is 8.64. The van der Waals surface area contributed by atoms with Crippen LogP contribution in [0.4, 0.5) is 0 Å². The first-order valence-corrected chi connectivity index (χ1v) is 6.12. The van der Waals surface area contributed by atoms with Gasteiger partial charge >= 0.3 is 82.5 Å². The van der Waals surface area contributed by atoms with E-state index in [1.54, 1.807) is 0 Å². The maximum absolute atomic E-state index is 5.39. The molecule has 0 aliphatic rings. The number of rotatable bonds is 6. The Hall–Kier alpha value is 1.38. The van der Waals surface area contributed by atoms with Gasteiger partial charge in [-0.3, -0.25) is 0 Å². The molecule has 0 aliphatic carbocycles. The standard InChI is InChI=1S/2C4H9O.2ClH.Zr/c2*1-4(2)3-5;;;/h2*4H,3H2,1-2H3;2*1H;/q2*-1;;;+4/p-2. The molecular weight excluding hydrogens is 290 g/mol. The van der Waals surface area contributed by atoms with E-state index in [0.717, 1.165) is 13.2 Å². The first-order valence-electron chi connectivity index (χ1n) is 4.11. The smallest absolute Gasteiger partial charge is 1.00 e. The molecule has 0 aromatic rings. The Morgan fingerprint density at radius 3 is 1.38 bits per heavy atom. The Labute approximate surface area is 107 Å². The molecular formula is C8H18Cl2O2Zr. The van der Waals surface area contributed by atoms with Gasteiger partial charge in [-0.15, -0.1) is 0 Å². The zero-order valence-corrected chi connectivity index (χ0v) is 12.6. The Bertz CT molecular complexity index is 82.2. The molecule has 0 aliphatic heterocycles. The average Bonchev–Trinajstić information content (AvgIpc) is 1.85. The van der Waals surface area contributed by atoms with Gasteiger partial charge in [0.2, 0.25) is 0 Å². The molecule has 0 spiro atoms. The van der Waals surface area contributed by atoms with Crippen LogP contribution in [0.3, 0.4) is 0 Å². The van der Waals surface area contributed by atoms with Crippen molar-refractivity contribution in [2.24, 2.45) is 11.8 Å². The van der Waals surface area contributed by atoms with E-state index in [9.17, 15) is 0 Å². The molecule has 0 aromatic heterocycles. The maximum atomic E-state index is 5.39. The summed E-state index contributed by atoms with van der Waals surface area (Å²) in [5.41, 5.74) is 0. The molecule has 13 heavy (non-hydrogen) atoms. The molecule has 0 amide bonds. The van der Waals surface area contributed by atoms with Crippen LogP contribution in [-0.2, 0) is 29.7 Å². The summed E-state index contributed by atoms with van der Waals surface area (Å²) in [6.07, 6.45) is 0. The third-order valence-corrected chi connectivity index (χ3v) is 2.35. The van der Waals surface area contributed by atoms with Crippen molar-refractivity contribution in [2.45, 2.75) is 27.7 Å². The molecule has 0 unspecified atom stereocenters. The van der Waals surface area contributed by atoms with Crippen LogP contribution < -0.4 is 24.8 Å². The minimum Gasteiger partial charge on any atom is -1.00 e. The molecule has 0 bridgehead atoms. The molecule has 0 rings (SSSR count). The van der Waals surface area contributed by atoms with Crippen molar-refractivity contribution in [3.8, 4) is 0 Å². The molecule has 0 radical (unpaired) electrons. The fourth-order valence-corrected chi connectivity index (χ4v) is 2.62. The minimum absolute atomic E-state index is 0. The Morgan fingerprint density at radius 2 is 1.15 bits per heavy atom. The molecule has 0 saturated heterocycles. The second-order valence-corrected chi connectivity index (χ2v) is 5.32. The molecule has 0 atom stereocenters. The van der Waals surface area contributed by atoms with Crippen molar-refractivity contribution in [3.63, 3.8) is 0 Å². The second kappa shape index (κ2) is 13.4. The summed E-state index contributed by atoms with van der Waals surface area (Å²) in [7, 11) is 0. The Morgan fingerprint density at radius 1 is 0.846 bits per heavy atom. The van der Waals surface area contributed by atoms with Gasteiger partial charge in [0.15, 0.2) is 0 Å². The van der Waals surface area contributed by atoms with Crippen molar-refractivity contribution in [1.29, 1.82) is 0 Å². The van der Waals surface area contributed by atoms with Gasteiger partial charge in [-0.25, -0.2) is 0 Å². The van der Waals surface area contributed by atoms with E-state index < -0.39 is 24.1 Å². The van der Waals surface area contributed by atoms with Gasteiger partial charge in [0.25, 0.3) is 0 Å². The third-order valence-electron chi connectivity index (χ3n) is 0.951. The topological polar surface area (TPSA) is 18.5 Å². The monoisotopic (exact) mass is 306 g/mol. The third kappa shape index (κ3) is 19.7. The van der Waals surface area contributed by atoms with Gasteiger partial charge < -0.3 is 24.8 Å². The van der Waals surface area contributed by atoms with Crippen molar-refractivity contribution >= 4 is 0 Å². The number of hydrogen-bond acceptors (Lipinski definition) is 2. The van der Waals surface area contributed by atoms with Crippen molar-refractivity contribution in [2.75, 3.05) is 13.2 Å². The minimum atomic E-state index is -0.924. The van der Waals surface area contributed by atoms with Crippen molar-refractivity contribution in [3.05, 3.63) is 0 Å². The summed E-state index contributed by atoms with van der Waals surface area (Å²) < 4.78 is 10.8. The first kappa shape index (κ1) is 19.9. The molecule has 0 saturated carbocycles. The second-order valence-electron chi connectivity index (χ2n) is 3.49. The van der Waals surface area contributed by atoms with Crippen LogP contribution in [-0.4, -0.2) is 13.2 Å². The van der Waals surface area contributed by atoms with Gasteiger partial charge in [-0.2, -0.15) is 0 Å². The van der Waals surface area contributed by atoms with E-state index >= 15 is 0 Å². The van der Waals surface area contributed by atoms with Crippen molar-refractivity contribution < 1.29 is 54.6 Å². The van der Waals surface area contributed by atoms with Crippen LogP contribution in [0.5, 0.6) is 0 Å². The number of hydrogen-bond donors (Lipinski definition) is 0. The maximum Gasteiger partial charge on any atom is -1.00 e. The van der Waals surface area contributed by atoms with Gasteiger partial charge in [-0.1, -0.05) is 0 Å². The SMILES string of the molecule is CC(C)C[O][Zr+2][O]CC(C)C.[Cl-].[Cl-]. The van der Waals surface area contributed by atoms with Crippen molar-refractivity contribution in [1.82, 2.24) is 0 Å². The van der Waals surface area contributed by atoms with E-state index in [-0.39, 0.29) is 24.8 Å². The van der Waals surface area contributed by atoms with E-state index in [0.29, 0.717) is 11.8 Å². The van der Waals surface area contributed by atoms with Crippen LogP contribution in [0, 0.1) is 11.8 Å². The molecule has 0 heterocycles. The fourth-order valence-electron chi connectivity index (χ4n) is 0.443. The molecule has 0 fully saturated rings. The van der Waals surface area contributed by atoms with Crippen LogP contribution in [0.1, 0.15) is 27.7 Å². The van der Waals surface area contributed by atoms with E-state index in [2.05, 4.69) is 27.7 Å². The predicted molar refractivity (Wildman–Crippen MR) is 41.6 cm³/mol. The normalized spacial score (nSPS) is 9.08. The number of halogens is 2. The average molecular weight is 308 g/mol. The fraction of sp³-hybridized carbons (Fsp3) is 1.00. The van der Waals surface area contributed by atoms with Crippen LogP contribution >= 0.6 is 0 Å². The largest absolute Gasteiger partial charge is 1.00 e. The summed E-state index contributed by atoms with van der Waals surface area (Å²) in [4.78, 5) is 0.